The molecule has 0 fully saturated rings. The van der Waals surface area contributed by atoms with Crippen LogP contribution in [0.3, 0.4) is 0 Å². The zero-order valence-electron chi connectivity index (χ0n) is 12.1. The van der Waals surface area contributed by atoms with E-state index in [0.29, 0.717) is 23.4 Å². The maximum Gasteiger partial charge on any atom is 0.138 e. The minimum atomic E-state index is -0.535. The Hall–Kier alpha value is -0.420. The number of nitrogens with one attached hydrogen (secondary N) is 1. The van der Waals surface area contributed by atoms with Crippen LogP contribution in [0, 0.1) is 0 Å². The van der Waals surface area contributed by atoms with Crippen molar-refractivity contribution in [2.24, 2.45) is 0 Å². The second kappa shape index (κ2) is 10.3. The first-order chi connectivity index (χ1) is 9.63. The predicted octanol–water partition coefficient (Wildman–Crippen LogP) is 3.20. The highest BCUT2D eigenvalue weighted by atomic mass is 35.5. The highest BCUT2D eigenvalue weighted by molar-refractivity contribution is 7.99. The second-order valence-corrected chi connectivity index (χ2v) is 6.49. The number of thioether (sulfide) groups is 1. The van der Waals surface area contributed by atoms with Crippen molar-refractivity contribution in [1.82, 2.24) is 5.32 Å². The van der Waals surface area contributed by atoms with E-state index in [2.05, 4.69) is 19.2 Å². The third-order valence-electron chi connectivity index (χ3n) is 2.87. The molecule has 0 heterocycles. The molecule has 1 aromatic carbocycles. The first-order valence-corrected chi connectivity index (χ1v) is 8.53. The van der Waals surface area contributed by atoms with E-state index in [1.165, 1.54) is 0 Å². The number of hydrogen-bond donors (Lipinski definition) is 2. The molecule has 0 saturated heterocycles. The van der Waals surface area contributed by atoms with Gasteiger partial charge in [-0.3, -0.25) is 0 Å². The number of para-hydroxylation sites is 1. The topological polar surface area (TPSA) is 41.5 Å². The number of aliphatic hydroxyl groups is 1. The lowest BCUT2D eigenvalue weighted by atomic mass is 10.2. The SMILES string of the molecule is CCSCCC(C)NCC(O)COc1ccccc1Cl. The summed E-state index contributed by atoms with van der Waals surface area (Å²) in [6.07, 6.45) is 0.573. The molecule has 0 bridgehead atoms. The van der Waals surface area contributed by atoms with Gasteiger partial charge in [-0.05, 0) is 37.0 Å². The summed E-state index contributed by atoms with van der Waals surface area (Å²) in [5, 5.41) is 13.8. The molecule has 20 heavy (non-hydrogen) atoms. The first kappa shape index (κ1) is 17.6. The zero-order valence-corrected chi connectivity index (χ0v) is 13.7. The van der Waals surface area contributed by atoms with Crippen LogP contribution in [-0.2, 0) is 0 Å². The molecule has 2 atom stereocenters. The van der Waals surface area contributed by atoms with Crippen molar-refractivity contribution in [3.63, 3.8) is 0 Å². The lowest BCUT2D eigenvalue weighted by Gasteiger charge is -2.17. The molecule has 5 heteroatoms. The Morgan fingerprint density at radius 1 is 1.40 bits per heavy atom. The molecule has 0 aliphatic heterocycles. The zero-order chi connectivity index (χ0) is 14.8. The molecule has 3 nitrogen and oxygen atoms in total. The van der Waals surface area contributed by atoms with Gasteiger partial charge < -0.3 is 15.2 Å². The van der Waals surface area contributed by atoms with E-state index in [9.17, 15) is 5.11 Å². The summed E-state index contributed by atoms with van der Waals surface area (Å²) in [5.74, 6) is 2.92. The lowest BCUT2D eigenvalue weighted by molar-refractivity contribution is 0.104. The number of hydrogen-bond acceptors (Lipinski definition) is 4. The summed E-state index contributed by atoms with van der Waals surface area (Å²) in [7, 11) is 0. The quantitative estimate of drug-likeness (QED) is 0.650. The van der Waals surface area contributed by atoms with E-state index in [-0.39, 0.29) is 6.61 Å². The van der Waals surface area contributed by atoms with E-state index in [4.69, 9.17) is 16.3 Å². The Balaban J connectivity index is 2.17. The number of rotatable bonds is 10. The predicted molar refractivity (Wildman–Crippen MR) is 88.0 cm³/mol. The fourth-order valence-corrected chi connectivity index (χ4v) is 2.65. The molecule has 0 spiro atoms. The third-order valence-corrected chi connectivity index (χ3v) is 4.11. The number of ether oxygens (including phenoxy) is 1. The molecule has 0 aliphatic carbocycles. The Bertz CT molecular complexity index is 379. The minimum absolute atomic E-state index is 0.243. The molecule has 0 saturated carbocycles. The van der Waals surface area contributed by atoms with Gasteiger partial charge in [0.1, 0.15) is 18.5 Å². The molecule has 0 radical (unpaired) electrons. The van der Waals surface area contributed by atoms with Crippen LogP contribution in [0.15, 0.2) is 24.3 Å². The fourth-order valence-electron chi connectivity index (χ4n) is 1.65. The number of benzene rings is 1. The number of aliphatic hydroxyl groups excluding tert-OH is 1. The maximum absolute atomic E-state index is 9.89. The molecule has 1 aromatic rings. The molecular formula is C15H24ClNO2S. The van der Waals surface area contributed by atoms with Gasteiger partial charge in [0.2, 0.25) is 0 Å². The summed E-state index contributed by atoms with van der Waals surface area (Å²) < 4.78 is 5.50. The molecule has 1 rings (SSSR count). The molecule has 0 aliphatic rings. The summed E-state index contributed by atoms with van der Waals surface area (Å²) in [6.45, 7) is 5.08. The van der Waals surface area contributed by atoms with Crippen molar-refractivity contribution in [2.75, 3.05) is 24.7 Å². The van der Waals surface area contributed by atoms with Gasteiger partial charge in [0.25, 0.3) is 0 Å². The van der Waals surface area contributed by atoms with Gasteiger partial charge in [0.15, 0.2) is 0 Å². The van der Waals surface area contributed by atoms with Gasteiger partial charge in [0, 0.05) is 12.6 Å². The van der Waals surface area contributed by atoms with E-state index < -0.39 is 6.10 Å². The van der Waals surface area contributed by atoms with Crippen molar-refractivity contribution >= 4 is 23.4 Å². The van der Waals surface area contributed by atoms with Gasteiger partial charge in [-0.15, -0.1) is 0 Å². The van der Waals surface area contributed by atoms with E-state index in [0.717, 1.165) is 17.9 Å². The Morgan fingerprint density at radius 2 is 2.15 bits per heavy atom. The van der Waals surface area contributed by atoms with Crippen molar-refractivity contribution in [3.8, 4) is 5.75 Å². The molecule has 2 N–H and O–H groups in total. The van der Waals surface area contributed by atoms with Crippen LogP contribution in [0.1, 0.15) is 20.3 Å². The van der Waals surface area contributed by atoms with Gasteiger partial charge in [-0.25, -0.2) is 0 Å². The molecule has 114 valence electrons. The summed E-state index contributed by atoms with van der Waals surface area (Å²) >= 11 is 7.92. The largest absolute Gasteiger partial charge is 0.489 e. The summed E-state index contributed by atoms with van der Waals surface area (Å²) in [6, 6.07) is 7.69. The highest BCUT2D eigenvalue weighted by Gasteiger charge is 2.09. The smallest absolute Gasteiger partial charge is 0.138 e. The van der Waals surface area contributed by atoms with Crippen molar-refractivity contribution in [3.05, 3.63) is 29.3 Å². The second-order valence-electron chi connectivity index (χ2n) is 4.69. The van der Waals surface area contributed by atoms with Crippen molar-refractivity contribution in [1.29, 1.82) is 0 Å². The molecular weight excluding hydrogens is 294 g/mol. The van der Waals surface area contributed by atoms with Crippen LogP contribution in [0.5, 0.6) is 5.75 Å². The van der Waals surface area contributed by atoms with E-state index >= 15 is 0 Å². The average molecular weight is 318 g/mol. The van der Waals surface area contributed by atoms with Crippen LogP contribution in [-0.4, -0.2) is 41.9 Å². The summed E-state index contributed by atoms with van der Waals surface area (Å²) in [4.78, 5) is 0. The minimum Gasteiger partial charge on any atom is -0.489 e. The fraction of sp³-hybridized carbons (Fsp3) is 0.600. The van der Waals surface area contributed by atoms with E-state index in [1.54, 1.807) is 12.1 Å². The van der Waals surface area contributed by atoms with Gasteiger partial charge >= 0.3 is 0 Å². The Kier molecular flexibility index (Phi) is 9.10. The maximum atomic E-state index is 9.89. The van der Waals surface area contributed by atoms with Crippen LogP contribution < -0.4 is 10.1 Å². The average Bonchev–Trinajstić information content (AvgIpc) is 2.44. The normalized spacial score (nSPS) is 14.0. The molecule has 2 unspecified atom stereocenters. The highest BCUT2D eigenvalue weighted by Crippen LogP contribution is 2.23. The van der Waals surface area contributed by atoms with Gasteiger partial charge in [-0.1, -0.05) is 30.7 Å². The van der Waals surface area contributed by atoms with Gasteiger partial charge in [0.05, 0.1) is 5.02 Å². The van der Waals surface area contributed by atoms with E-state index in [1.807, 2.05) is 23.9 Å². The van der Waals surface area contributed by atoms with Crippen LogP contribution in [0.25, 0.3) is 0 Å². The van der Waals surface area contributed by atoms with Crippen molar-refractivity contribution in [2.45, 2.75) is 32.4 Å². The van der Waals surface area contributed by atoms with Crippen molar-refractivity contribution < 1.29 is 9.84 Å². The first-order valence-electron chi connectivity index (χ1n) is 7.00. The van der Waals surface area contributed by atoms with Gasteiger partial charge in [-0.2, -0.15) is 11.8 Å². The molecule has 0 aromatic heterocycles. The third kappa shape index (κ3) is 7.39. The summed E-state index contributed by atoms with van der Waals surface area (Å²) in [5.41, 5.74) is 0. The number of halogens is 1. The Labute approximate surface area is 131 Å². The van der Waals surface area contributed by atoms with Crippen LogP contribution in [0.2, 0.25) is 5.02 Å². The lowest BCUT2D eigenvalue weighted by Crippen LogP contribution is -2.36. The monoisotopic (exact) mass is 317 g/mol. The van der Waals surface area contributed by atoms with Crippen LogP contribution >= 0.6 is 23.4 Å². The van der Waals surface area contributed by atoms with Crippen LogP contribution in [0.4, 0.5) is 0 Å². The molecule has 0 amide bonds. The Morgan fingerprint density at radius 3 is 2.85 bits per heavy atom. The standard InChI is InChI=1S/C15H24ClNO2S/c1-3-20-9-8-12(2)17-10-13(18)11-19-15-7-5-4-6-14(15)16/h4-7,12-13,17-18H,3,8-11H2,1-2H3.